The van der Waals surface area contributed by atoms with Gasteiger partial charge in [-0.2, -0.15) is 0 Å². The van der Waals surface area contributed by atoms with Crippen molar-refractivity contribution in [1.29, 1.82) is 0 Å². The van der Waals surface area contributed by atoms with Crippen molar-refractivity contribution in [1.82, 2.24) is 4.98 Å². The summed E-state index contributed by atoms with van der Waals surface area (Å²) in [5, 5.41) is 1.23. The monoisotopic (exact) mass is 357 g/mol. The number of hydrogen-bond acceptors (Lipinski definition) is 3. The Balaban J connectivity index is 1.77. The fraction of sp³-hybridized carbons (Fsp3) is 0.0435. The Bertz CT molecular complexity index is 1100. The molecular weight excluding hydrogens is 341 g/mol. The molecule has 0 fully saturated rings. The first-order chi connectivity index (χ1) is 13.2. The van der Waals surface area contributed by atoms with Crippen LogP contribution in [0.2, 0.25) is 0 Å². The van der Waals surface area contributed by atoms with E-state index >= 15 is 0 Å². The van der Waals surface area contributed by atoms with Crippen molar-refractivity contribution in [2.45, 2.75) is 6.42 Å². The number of pyridine rings is 1. The topological polar surface area (TPSA) is 39.2 Å². The summed E-state index contributed by atoms with van der Waals surface area (Å²) in [5.41, 5.74) is 2.24. The van der Waals surface area contributed by atoms with Gasteiger partial charge in [0.1, 0.15) is 11.5 Å². The Morgan fingerprint density at radius 1 is 0.926 bits per heavy atom. The van der Waals surface area contributed by atoms with Gasteiger partial charge < -0.3 is 4.74 Å². The summed E-state index contributed by atoms with van der Waals surface area (Å²) in [4.78, 5) is 17.0. The molecule has 0 aliphatic heterocycles. The van der Waals surface area contributed by atoms with E-state index in [1.54, 1.807) is 12.3 Å². The lowest BCUT2D eigenvalue weighted by Gasteiger charge is -2.13. The van der Waals surface area contributed by atoms with Crippen LogP contribution in [0, 0.1) is 5.82 Å². The molecule has 0 saturated carbocycles. The summed E-state index contributed by atoms with van der Waals surface area (Å²) in [5.74, 6) is -0.407. The first-order valence-electron chi connectivity index (χ1n) is 8.59. The summed E-state index contributed by atoms with van der Waals surface area (Å²) in [6, 6.07) is 23.2. The molecule has 27 heavy (non-hydrogen) atoms. The van der Waals surface area contributed by atoms with E-state index < -0.39 is 5.97 Å². The second-order valence-corrected chi connectivity index (χ2v) is 6.17. The van der Waals surface area contributed by atoms with Crippen LogP contribution in [-0.2, 0) is 11.2 Å². The molecule has 1 heterocycles. The molecule has 4 rings (SSSR count). The third kappa shape index (κ3) is 3.70. The molecular formula is C23H16FNO2. The number of nitrogens with zero attached hydrogens (tertiary/aromatic N) is 1. The van der Waals surface area contributed by atoms with E-state index in [0.717, 1.165) is 11.1 Å². The van der Waals surface area contributed by atoms with E-state index in [0.29, 0.717) is 22.2 Å². The number of halogens is 1. The van der Waals surface area contributed by atoms with Gasteiger partial charge in [-0.05, 0) is 23.8 Å². The van der Waals surface area contributed by atoms with Crippen LogP contribution in [-0.4, -0.2) is 11.0 Å². The lowest BCUT2D eigenvalue weighted by atomic mass is 10.1. The maximum atomic E-state index is 13.6. The van der Waals surface area contributed by atoms with Gasteiger partial charge in [-0.25, -0.2) is 4.39 Å². The summed E-state index contributed by atoms with van der Waals surface area (Å²) < 4.78 is 19.3. The fourth-order valence-corrected chi connectivity index (χ4v) is 2.98. The van der Waals surface area contributed by atoms with Gasteiger partial charge in [-0.15, -0.1) is 0 Å². The molecule has 0 radical (unpaired) electrons. The molecule has 0 aliphatic carbocycles. The maximum absolute atomic E-state index is 13.6. The van der Waals surface area contributed by atoms with Gasteiger partial charge in [0.05, 0.1) is 6.42 Å². The molecule has 0 bridgehead atoms. The molecule has 4 heteroatoms. The Kier molecular flexibility index (Phi) is 4.62. The highest BCUT2D eigenvalue weighted by atomic mass is 19.1. The minimum absolute atomic E-state index is 0.145. The second-order valence-electron chi connectivity index (χ2n) is 6.17. The van der Waals surface area contributed by atoms with Crippen molar-refractivity contribution in [3.63, 3.8) is 0 Å². The lowest BCUT2D eigenvalue weighted by Crippen LogP contribution is -2.12. The third-order valence-electron chi connectivity index (χ3n) is 4.26. The van der Waals surface area contributed by atoms with Gasteiger partial charge in [0.25, 0.3) is 0 Å². The fourth-order valence-electron chi connectivity index (χ4n) is 2.98. The zero-order valence-corrected chi connectivity index (χ0v) is 14.4. The molecule has 0 amide bonds. The van der Waals surface area contributed by atoms with Crippen LogP contribution in [0.25, 0.3) is 22.0 Å². The SMILES string of the molecule is O=C(Cc1ccccc1)Oc1c(-c2ccccc2)ncc2cc(F)ccc12. The second kappa shape index (κ2) is 7.38. The van der Waals surface area contributed by atoms with Gasteiger partial charge in [-0.1, -0.05) is 60.7 Å². The van der Waals surface area contributed by atoms with Crippen molar-refractivity contribution < 1.29 is 13.9 Å². The van der Waals surface area contributed by atoms with Crippen LogP contribution < -0.4 is 4.74 Å². The van der Waals surface area contributed by atoms with Crippen LogP contribution >= 0.6 is 0 Å². The van der Waals surface area contributed by atoms with E-state index in [4.69, 9.17) is 4.74 Å². The number of fused-ring (bicyclic) bond motifs is 1. The van der Waals surface area contributed by atoms with Crippen LogP contribution in [0.3, 0.4) is 0 Å². The van der Waals surface area contributed by atoms with Crippen molar-refractivity contribution >= 4 is 16.7 Å². The Morgan fingerprint density at radius 3 is 2.37 bits per heavy atom. The van der Waals surface area contributed by atoms with E-state index in [1.807, 2.05) is 60.7 Å². The Hall–Kier alpha value is -3.53. The van der Waals surface area contributed by atoms with Crippen LogP contribution in [0.5, 0.6) is 5.75 Å². The minimum atomic E-state index is -0.392. The van der Waals surface area contributed by atoms with Gasteiger partial charge in [0.15, 0.2) is 5.75 Å². The van der Waals surface area contributed by atoms with Crippen LogP contribution in [0.4, 0.5) is 4.39 Å². The first-order valence-corrected chi connectivity index (χ1v) is 8.59. The summed E-state index contributed by atoms with van der Waals surface area (Å²) in [6.07, 6.45) is 1.74. The smallest absolute Gasteiger partial charge is 0.315 e. The number of carbonyl (C=O) groups is 1. The van der Waals surface area contributed by atoms with Crippen molar-refractivity contribution in [2.75, 3.05) is 0 Å². The largest absolute Gasteiger partial charge is 0.423 e. The van der Waals surface area contributed by atoms with Crippen molar-refractivity contribution in [3.8, 4) is 17.0 Å². The number of esters is 1. The summed E-state index contributed by atoms with van der Waals surface area (Å²) in [6.45, 7) is 0. The molecule has 0 saturated heterocycles. The summed E-state index contributed by atoms with van der Waals surface area (Å²) >= 11 is 0. The maximum Gasteiger partial charge on any atom is 0.315 e. The van der Waals surface area contributed by atoms with Crippen molar-refractivity contribution in [2.24, 2.45) is 0 Å². The molecule has 1 aromatic heterocycles. The number of ether oxygens (including phenoxy) is 1. The number of rotatable bonds is 4. The highest BCUT2D eigenvalue weighted by Gasteiger charge is 2.17. The van der Waals surface area contributed by atoms with E-state index in [1.165, 1.54) is 12.1 Å². The molecule has 0 N–H and O–H groups in total. The standard InChI is InChI=1S/C23H16FNO2/c24-19-11-12-20-18(14-19)15-25-22(17-9-5-2-6-10-17)23(20)27-21(26)13-16-7-3-1-4-8-16/h1-12,14-15H,13H2. The third-order valence-corrected chi connectivity index (χ3v) is 4.26. The van der Waals surface area contributed by atoms with Gasteiger partial charge in [-0.3, -0.25) is 9.78 Å². The summed E-state index contributed by atoms with van der Waals surface area (Å²) in [7, 11) is 0. The van der Waals surface area contributed by atoms with Gasteiger partial charge in [0, 0.05) is 22.5 Å². The average Bonchev–Trinajstić information content (AvgIpc) is 2.69. The quantitative estimate of drug-likeness (QED) is 0.472. The molecule has 0 spiro atoms. The molecule has 132 valence electrons. The number of hydrogen-bond donors (Lipinski definition) is 0. The highest BCUT2D eigenvalue weighted by molar-refractivity contribution is 5.95. The predicted octanol–water partition coefficient (Wildman–Crippen LogP) is 5.19. The van der Waals surface area contributed by atoms with Crippen LogP contribution in [0.15, 0.2) is 85.1 Å². The first kappa shape index (κ1) is 16.9. The molecule has 3 nitrogen and oxygen atoms in total. The highest BCUT2D eigenvalue weighted by Crippen LogP contribution is 2.35. The van der Waals surface area contributed by atoms with Crippen LogP contribution in [0.1, 0.15) is 5.56 Å². The number of carbonyl (C=O) groups excluding carboxylic acids is 1. The Morgan fingerprint density at radius 2 is 1.63 bits per heavy atom. The predicted molar refractivity (Wildman–Crippen MR) is 103 cm³/mol. The zero-order valence-electron chi connectivity index (χ0n) is 14.4. The zero-order chi connectivity index (χ0) is 18.6. The Labute approximate surface area is 156 Å². The molecule has 0 atom stereocenters. The molecule has 0 aliphatic rings. The van der Waals surface area contributed by atoms with Crippen molar-refractivity contribution in [3.05, 3.63) is 96.4 Å². The molecule has 4 aromatic rings. The van der Waals surface area contributed by atoms with E-state index in [-0.39, 0.29) is 12.2 Å². The average molecular weight is 357 g/mol. The van der Waals surface area contributed by atoms with Gasteiger partial charge >= 0.3 is 5.97 Å². The van der Waals surface area contributed by atoms with E-state index in [2.05, 4.69) is 4.98 Å². The van der Waals surface area contributed by atoms with Gasteiger partial charge in [0.2, 0.25) is 0 Å². The molecule has 3 aromatic carbocycles. The number of benzene rings is 3. The van der Waals surface area contributed by atoms with E-state index in [9.17, 15) is 9.18 Å². The lowest BCUT2D eigenvalue weighted by molar-refractivity contribution is -0.133. The molecule has 0 unspecified atom stereocenters. The number of aromatic nitrogens is 1. The normalized spacial score (nSPS) is 10.7. The minimum Gasteiger partial charge on any atom is -0.423 e.